The highest BCUT2D eigenvalue weighted by atomic mass is 19.1. The number of nitriles is 1. The maximum Gasteiger partial charge on any atom is 0.270 e. The smallest absolute Gasteiger partial charge is 0.270 e. The number of halogens is 1. The van der Waals surface area contributed by atoms with Crippen molar-refractivity contribution in [3.8, 4) is 6.07 Å². The Labute approximate surface area is 150 Å². The van der Waals surface area contributed by atoms with Gasteiger partial charge in [-0.15, -0.1) is 0 Å². The van der Waals surface area contributed by atoms with Crippen LogP contribution in [0.25, 0.3) is 6.08 Å². The molecule has 0 saturated heterocycles. The third-order valence-electron chi connectivity index (χ3n) is 5.37. The summed E-state index contributed by atoms with van der Waals surface area (Å²) in [5, 5.41) is 8.95. The average Bonchev–Trinajstić information content (AvgIpc) is 3.42. The van der Waals surface area contributed by atoms with E-state index >= 15 is 0 Å². The first-order valence-corrected chi connectivity index (χ1v) is 8.85. The Morgan fingerprint density at radius 2 is 2.00 bits per heavy atom. The van der Waals surface area contributed by atoms with E-state index in [4.69, 9.17) is 5.26 Å². The Hall–Kier alpha value is -3.07. The van der Waals surface area contributed by atoms with Crippen molar-refractivity contribution in [3.63, 3.8) is 0 Å². The summed E-state index contributed by atoms with van der Waals surface area (Å²) in [5.74, 6) is -0.359. The molecule has 1 aliphatic carbocycles. The number of rotatable bonds is 2. The van der Waals surface area contributed by atoms with E-state index in [2.05, 4.69) is 0 Å². The first-order chi connectivity index (χ1) is 12.7. The molecule has 1 aromatic heterocycles. The molecule has 0 N–H and O–H groups in total. The SMILES string of the molecule is N#Cc1ccc(N2CC=Cc3c2cc2n3CCN(C3CC3)C2=O)c(F)c1. The topological polar surface area (TPSA) is 52.3 Å². The van der Waals surface area contributed by atoms with E-state index in [1.54, 1.807) is 12.1 Å². The van der Waals surface area contributed by atoms with Crippen LogP contribution in [0.4, 0.5) is 15.8 Å². The minimum absolute atomic E-state index is 0.0711. The number of hydrogen-bond donors (Lipinski definition) is 0. The van der Waals surface area contributed by atoms with E-state index in [1.807, 2.05) is 38.7 Å². The molecule has 0 atom stereocenters. The summed E-state index contributed by atoms with van der Waals surface area (Å²) < 4.78 is 16.6. The zero-order valence-electron chi connectivity index (χ0n) is 14.2. The molecule has 1 amide bonds. The highest BCUT2D eigenvalue weighted by Gasteiger charge is 2.38. The molecular formula is C20H17FN4O. The second-order valence-corrected chi connectivity index (χ2v) is 6.97. The minimum atomic E-state index is -0.430. The van der Waals surface area contributed by atoms with Gasteiger partial charge >= 0.3 is 0 Å². The number of amides is 1. The van der Waals surface area contributed by atoms with Gasteiger partial charge in [-0.25, -0.2) is 4.39 Å². The van der Waals surface area contributed by atoms with Crippen LogP contribution in [0.2, 0.25) is 0 Å². The third kappa shape index (κ3) is 2.17. The summed E-state index contributed by atoms with van der Waals surface area (Å²) in [5.41, 5.74) is 3.18. The Kier molecular flexibility index (Phi) is 3.20. The van der Waals surface area contributed by atoms with Crippen LogP contribution in [0, 0.1) is 17.1 Å². The molecule has 6 heteroatoms. The van der Waals surface area contributed by atoms with Crippen molar-refractivity contribution in [1.29, 1.82) is 5.26 Å². The van der Waals surface area contributed by atoms with Gasteiger partial charge in [0.25, 0.3) is 5.91 Å². The van der Waals surface area contributed by atoms with Crippen molar-refractivity contribution in [3.05, 3.63) is 53.1 Å². The first-order valence-electron chi connectivity index (χ1n) is 8.85. The molecule has 1 saturated carbocycles. The second-order valence-electron chi connectivity index (χ2n) is 6.97. The molecule has 0 radical (unpaired) electrons. The van der Waals surface area contributed by atoms with Gasteiger partial charge in [0, 0.05) is 25.7 Å². The van der Waals surface area contributed by atoms with Crippen LogP contribution in [-0.4, -0.2) is 34.5 Å². The third-order valence-corrected chi connectivity index (χ3v) is 5.37. The molecule has 0 unspecified atom stereocenters. The van der Waals surface area contributed by atoms with Gasteiger partial charge in [0.05, 0.1) is 28.7 Å². The zero-order chi connectivity index (χ0) is 17.8. The Balaban J connectivity index is 1.58. The molecule has 130 valence electrons. The number of fused-ring (bicyclic) bond motifs is 3. The van der Waals surface area contributed by atoms with Crippen LogP contribution in [-0.2, 0) is 6.54 Å². The Bertz CT molecular complexity index is 996. The van der Waals surface area contributed by atoms with Crippen molar-refractivity contribution in [1.82, 2.24) is 9.47 Å². The fraction of sp³-hybridized carbons (Fsp3) is 0.300. The molecular weight excluding hydrogens is 331 g/mol. The standard InChI is InChI=1S/C20H17FN4O/c21-15-10-13(12-22)3-6-16(15)24-7-1-2-17-18(24)11-19-20(26)23(14-4-5-14)8-9-25(17)19/h1-3,6,10-11,14H,4-5,7-9H2. The van der Waals surface area contributed by atoms with Crippen LogP contribution in [0.3, 0.4) is 0 Å². The lowest BCUT2D eigenvalue weighted by molar-refractivity contribution is 0.0690. The molecule has 26 heavy (non-hydrogen) atoms. The lowest BCUT2D eigenvalue weighted by Crippen LogP contribution is -2.41. The van der Waals surface area contributed by atoms with Gasteiger partial charge in [-0.1, -0.05) is 6.08 Å². The number of nitrogens with zero attached hydrogens (tertiary/aromatic N) is 4. The second kappa shape index (κ2) is 5.46. The maximum absolute atomic E-state index is 14.6. The van der Waals surface area contributed by atoms with Crippen molar-refractivity contribution >= 4 is 23.4 Å². The molecule has 0 spiro atoms. The van der Waals surface area contributed by atoms with E-state index < -0.39 is 5.82 Å². The zero-order valence-corrected chi connectivity index (χ0v) is 14.2. The van der Waals surface area contributed by atoms with Crippen LogP contribution in [0.15, 0.2) is 30.3 Å². The van der Waals surface area contributed by atoms with Gasteiger partial charge in [0.2, 0.25) is 0 Å². The maximum atomic E-state index is 14.6. The Morgan fingerprint density at radius 3 is 2.73 bits per heavy atom. The monoisotopic (exact) mass is 348 g/mol. The first kappa shape index (κ1) is 15.2. The molecule has 2 aliphatic heterocycles. The van der Waals surface area contributed by atoms with Crippen molar-refractivity contribution < 1.29 is 9.18 Å². The van der Waals surface area contributed by atoms with Gasteiger partial charge in [0.15, 0.2) is 0 Å². The molecule has 3 heterocycles. The highest BCUT2D eigenvalue weighted by molar-refractivity contribution is 5.97. The lowest BCUT2D eigenvalue weighted by Gasteiger charge is -2.30. The number of hydrogen-bond acceptors (Lipinski definition) is 3. The number of anilines is 2. The quantitative estimate of drug-likeness (QED) is 0.837. The minimum Gasteiger partial charge on any atom is -0.333 e. The largest absolute Gasteiger partial charge is 0.333 e. The van der Waals surface area contributed by atoms with E-state index in [0.29, 0.717) is 29.5 Å². The molecule has 3 aliphatic rings. The molecule has 0 bridgehead atoms. The summed E-state index contributed by atoms with van der Waals surface area (Å²) >= 11 is 0. The summed E-state index contributed by atoms with van der Waals surface area (Å²) in [6.07, 6.45) is 6.17. The number of aromatic nitrogens is 1. The normalized spacial score (nSPS) is 18.5. The summed E-state index contributed by atoms with van der Waals surface area (Å²) in [6.45, 7) is 2.03. The fourth-order valence-corrected chi connectivity index (χ4v) is 3.94. The average molecular weight is 348 g/mol. The van der Waals surface area contributed by atoms with Crippen molar-refractivity contribution in [2.45, 2.75) is 25.4 Å². The van der Waals surface area contributed by atoms with Crippen LogP contribution in [0.5, 0.6) is 0 Å². The van der Waals surface area contributed by atoms with Gasteiger partial charge in [0.1, 0.15) is 11.5 Å². The van der Waals surface area contributed by atoms with Crippen molar-refractivity contribution in [2.75, 3.05) is 18.0 Å². The van der Waals surface area contributed by atoms with Gasteiger partial charge in [-0.2, -0.15) is 5.26 Å². The Morgan fingerprint density at radius 1 is 1.15 bits per heavy atom. The van der Waals surface area contributed by atoms with E-state index in [9.17, 15) is 9.18 Å². The molecule has 5 nitrogen and oxygen atoms in total. The summed E-state index contributed by atoms with van der Waals surface area (Å²) in [6, 6.07) is 8.74. The fourth-order valence-electron chi connectivity index (χ4n) is 3.94. The molecule has 5 rings (SSSR count). The molecule has 2 aromatic rings. The molecule has 1 aromatic carbocycles. The number of benzene rings is 1. The van der Waals surface area contributed by atoms with Crippen LogP contribution < -0.4 is 4.90 Å². The molecule has 1 fully saturated rings. The number of carbonyl (C=O) groups is 1. The van der Waals surface area contributed by atoms with E-state index in [-0.39, 0.29) is 5.91 Å². The summed E-state index contributed by atoms with van der Waals surface area (Å²) in [4.78, 5) is 16.7. The van der Waals surface area contributed by atoms with Crippen molar-refractivity contribution in [2.24, 2.45) is 0 Å². The predicted octanol–water partition coefficient (Wildman–Crippen LogP) is 3.28. The van der Waals surface area contributed by atoms with Gasteiger partial charge in [-0.3, -0.25) is 4.79 Å². The predicted molar refractivity (Wildman–Crippen MR) is 95.6 cm³/mol. The van der Waals surface area contributed by atoms with Gasteiger partial charge in [-0.05, 0) is 43.2 Å². The lowest BCUT2D eigenvalue weighted by atomic mass is 10.1. The highest BCUT2D eigenvalue weighted by Crippen LogP contribution is 2.39. The summed E-state index contributed by atoms with van der Waals surface area (Å²) in [7, 11) is 0. The van der Waals surface area contributed by atoms with Crippen LogP contribution in [0.1, 0.15) is 34.6 Å². The number of carbonyl (C=O) groups excluding carboxylic acids is 1. The van der Waals surface area contributed by atoms with Gasteiger partial charge < -0.3 is 14.4 Å². The van der Waals surface area contributed by atoms with Crippen LogP contribution >= 0.6 is 0 Å². The van der Waals surface area contributed by atoms with E-state index in [0.717, 1.165) is 37.3 Å². The van der Waals surface area contributed by atoms with E-state index in [1.165, 1.54) is 6.07 Å².